The van der Waals surface area contributed by atoms with E-state index in [1.54, 1.807) is 18.2 Å². The van der Waals surface area contributed by atoms with E-state index in [0.29, 0.717) is 31.0 Å². The second-order valence-corrected chi connectivity index (χ2v) is 8.03. The first-order chi connectivity index (χ1) is 14.7. The van der Waals surface area contributed by atoms with Crippen molar-refractivity contribution in [2.75, 3.05) is 23.3 Å². The number of hydrogen-bond donors (Lipinski definition) is 2. The van der Waals surface area contributed by atoms with Crippen molar-refractivity contribution in [1.82, 2.24) is 10.3 Å². The van der Waals surface area contributed by atoms with Gasteiger partial charge in [0.15, 0.2) is 0 Å². The molecule has 3 rings (SSSR count). The van der Waals surface area contributed by atoms with Crippen LogP contribution in [0.4, 0.5) is 17.2 Å². The number of pyridine rings is 1. The minimum absolute atomic E-state index is 0.0736. The number of hydrogen-bond acceptors (Lipinski definition) is 6. The molecule has 1 aromatic carbocycles. The normalized spacial score (nSPS) is 16.1. The van der Waals surface area contributed by atoms with Crippen molar-refractivity contribution in [3.05, 3.63) is 57.8 Å². The summed E-state index contributed by atoms with van der Waals surface area (Å²) in [4.78, 5) is 42.4. The van der Waals surface area contributed by atoms with Crippen molar-refractivity contribution in [3.63, 3.8) is 0 Å². The Morgan fingerprint density at radius 2 is 2.03 bits per heavy atom. The number of amides is 2. The van der Waals surface area contributed by atoms with Gasteiger partial charge in [-0.05, 0) is 57.9 Å². The van der Waals surface area contributed by atoms with Crippen LogP contribution < -0.4 is 15.5 Å². The molecule has 164 valence electrons. The first kappa shape index (κ1) is 22.2. The van der Waals surface area contributed by atoms with Gasteiger partial charge >= 0.3 is 0 Å². The molecule has 1 aliphatic rings. The fraction of sp³-hybridized carbons (Fsp3) is 0.409. The molecule has 1 aliphatic heterocycles. The largest absolute Gasteiger partial charge is 0.365 e. The molecule has 2 N–H and O–H groups in total. The highest BCUT2D eigenvalue weighted by Gasteiger charge is 2.30. The molecule has 1 fully saturated rings. The molecule has 9 nitrogen and oxygen atoms in total. The molecule has 31 heavy (non-hydrogen) atoms. The lowest BCUT2D eigenvalue weighted by molar-refractivity contribution is -0.384. The summed E-state index contributed by atoms with van der Waals surface area (Å²) in [5.74, 6) is -0.335. The SMILES string of the molecule is Cc1cccc(NC(=O)C2CCCN(c3ccc(C(=O)NC(C)C)cc3[N+](=O)[O-])C2)n1. The summed E-state index contributed by atoms with van der Waals surface area (Å²) in [6, 6.07) is 9.81. The van der Waals surface area contributed by atoms with Crippen LogP contribution in [0.2, 0.25) is 0 Å². The highest BCUT2D eigenvalue weighted by molar-refractivity contribution is 5.96. The van der Waals surface area contributed by atoms with Gasteiger partial charge in [-0.1, -0.05) is 6.07 Å². The predicted octanol–water partition coefficient (Wildman–Crippen LogP) is 3.29. The molecule has 9 heteroatoms. The Morgan fingerprint density at radius 3 is 2.71 bits per heavy atom. The topological polar surface area (TPSA) is 117 Å². The summed E-state index contributed by atoms with van der Waals surface area (Å²) >= 11 is 0. The number of nitro benzene ring substituents is 1. The van der Waals surface area contributed by atoms with Crippen LogP contribution in [-0.4, -0.2) is 40.9 Å². The third kappa shape index (κ3) is 5.56. The number of aromatic nitrogens is 1. The number of nitrogens with zero attached hydrogens (tertiary/aromatic N) is 3. The van der Waals surface area contributed by atoms with Gasteiger partial charge in [-0.15, -0.1) is 0 Å². The first-order valence-corrected chi connectivity index (χ1v) is 10.3. The predicted molar refractivity (Wildman–Crippen MR) is 118 cm³/mol. The number of carbonyl (C=O) groups is 2. The molecule has 1 unspecified atom stereocenters. The van der Waals surface area contributed by atoms with Crippen LogP contribution in [-0.2, 0) is 4.79 Å². The Labute approximate surface area is 181 Å². The van der Waals surface area contributed by atoms with Crippen molar-refractivity contribution in [2.24, 2.45) is 5.92 Å². The quantitative estimate of drug-likeness (QED) is 0.542. The van der Waals surface area contributed by atoms with Gasteiger partial charge in [0.25, 0.3) is 11.6 Å². The monoisotopic (exact) mass is 425 g/mol. The Morgan fingerprint density at radius 1 is 1.26 bits per heavy atom. The van der Waals surface area contributed by atoms with E-state index in [1.165, 1.54) is 6.07 Å². The van der Waals surface area contributed by atoms with Gasteiger partial charge in [0, 0.05) is 36.5 Å². The molecule has 0 radical (unpaired) electrons. The van der Waals surface area contributed by atoms with Crippen LogP contribution in [0.1, 0.15) is 42.7 Å². The summed E-state index contributed by atoms with van der Waals surface area (Å²) in [6.45, 7) is 6.46. The first-order valence-electron chi connectivity index (χ1n) is 10.3. The molecular weight excluding hydrogens is 398 g/mol. The fourth-order valence-corrected chi connectivity index (χ4v) is 3.67. The van der Waals surface area contributed by atoms with E-state index in [9.17, 15) is 19.7 Å². The Bertz CT molecular complexity index is 992. The standard InChI is InChI=1S/C22H27N5O4/c1-14(2)23-21(28)16-9-10-18(19(12-16)27(30)31)26-11-5-7-17(13-26)22(29)25-20-8-4-6-15(3)24-20/h4,6,8-10,12,14,17H,5,7,11,13H2,1-3H3,(H,23,28)(H,24,25,29). The summed E-state index contributed by atoms with van der Waals surface area (Å²) in [5.41, 5.74) is 1.32. The van der Waals surface area contributed by atoms with Gasteiger partial charge in [-0.3, -0.25) is 19.7 Å². The number of nitrogens with one attached hydrogen (secondary N) is 2. The third-order valence-corrected chi connectivity index (χ3v) is 5.13. The third-order valence-electron chi connectivity index (χ3n) is 5.13. The van der Waals surface area contributed by atoms with Crippen molar-refractivity contribution in [1.29, 1.82) is 0 Å². The van der Waals surface area contributed by atoms with Crippen LogP contribution in [0, 0.1) is 23.0 Å². The number of benzene rings is 1. The zero-order valence-corrected chi connectivity index (χ0v) is 17.9. The average molecular weight is 425 g/mol. The Kier molecular flexibility index (Phi) is 6.84. The van der Waals surface area contributed by atoms with E-state index >= 15 is 0 Å². The highest BCUT2D eigenvalue weighted by atomic mass is 16.6. The zero-order valence-electron chi connectivity index (χ0n) is 17.9. The molecule has 0 aliphatic carbocycles. The van der Waals surface area contributed by atoms with Crippen molar-refractivity contribution in [2.45, 2.75) is 39.7 Å². The van der Waals surface area contributed by atoms with Crippen LogP contribution in [0.3, 0.4) is 0 Å². The minimum Gasteiger partial charge on any atom is -0.365 e. The maximum atomic E-state index is 12.8. The van der Waals surface area contributed by atoms with Crippen LogP contribution in [0.15, 0.2) is 36.4 Å². The molecule has 2 heterocycles. The number of nitro groups is 1. The lowest BCUT2D eigenvalue weighted by Gasteiger charge is -2.33. The van der Waals surface area contributed by atoms with Gasteiger partial charge in [0.2, 0.25) is 5.91 Å². The zero-order chi connectivity index (χ0) is 22.5. The van der Waals surface area contributed by atoms with E-state index < -0.39 is 4.92 Å². The maximum absolute atomic E-state index is 12.8. The van der Waals surface area contributed by atoms with Crippen molar-refractivity contribution >= 4 is 29.0 Å². The molecular formula is C22H27N5O4. The smallest absolute Gasteiger partial charge is 0.293 e. The number of piperidine rings is 1. The molecule has 1 aromatic heterocycles. The molecule has 2 aromatic rings. The van der Waals surface area contributed by atoms with Gasteiger partial charge in [0.05, 0.1) is 10.8 Å². The number of anilines is 2. The number of carbonyl (C=O) groups excluding carboxylic acids is 2. The number of aryl methyl sites for hydroxylation is 1. The van der Waals surface area contributed by atoms with Crippen molar-refractivity contribution < 1.29 is 14.5 Å². The van der Waals surface area contributed by atoms with Crippen LogP contribution in [0.5, 0.6) is 0 Å². The summed E-state index contributed by atoms with van der Waals surface area (Å²) in [5, 5.41) is 17.3. The second-order valence-electron chi connectivity index (χ2n) is 8.03. The van der Waals surface area contributed by atoms with E-state index in [-0.39, 0.29) is 35.0 Å². The molecule has 1 saturated heterocycles. The van der Waals surface area contributed by atoms with Crippen LogP contribution >= 0.6 is 0 Å². The maximum Gasteiger partial charge on any atom is 0.293 e. The lowest BCUT2D eigenvalue weighted by atomic mass is 9.96. The molecule has 2 amide bonds. The van der Waals surface area contributed by atoms with E-state index in [0.717, 1.165) is 12.1 Å². The highest BCUT2D eigenvalue weighted by Crippen LogP contribution is 2.33. The summed E-state index contributed by atoms with van der Waals surface area (Å²) in [6.07, 6.45) is 1.42. The van der Waals surface area contributed by atoms with E-state index in [1.807, 2.05) is 37.8 Å². The summed E-state index contributed by atoms with van der Waals surface area (Å²) in [7, 11) is 0. The number of rotatable bonds is 6. The molecule has 1 atom stereocenters. The average Bonchev–Trinajstić information content (AvgIpc) is 2.73. The van der Waals surface area contributed by atoms with Gasteiger partial charge in [-0.25, -0.2) is 4.98 Å². The lowest BCUT2D eigenvalue weighted by Crippen LogP contribution is -2.41. The Hall–Kier alpha value is -3.49. The van der Waals surface area contributed by atoms with Crippen molar-refractivity contribution in [3.8, 4) is 0 Å². The molecule has 0 bridgehead atoms. The molecule has 0 spiro atoms. The second kappa shape index (κ2) is 9.55. The Balaban J connectivity index is 1.77. The van der Waals surface area contributed by atoms with E-state index in [4.69, 9.17) is 0 Å². The van der Waals surface area contributed by atoms with Crippen LogP contribution in [0.25, 0.3) is 0 Å². The van der Waals surface area contributed by atoms with Gasteiger partial charge in [0.1, 0.15) is 11.5 Å². The minimum atomic E-state index is -0.484. The fourth-order valence-electron chi connectivity index (χ4n) is 3.67. The van der Waals surface area contributed by atoms with Gasteiger partial charge in [-0.2, -0.15) is 0 Å². The van der Waals surface area contributed by atoms with E-state index in [2.05, 4.69) is 15.6 Å². The van der Waals surface area contributed by atoms with Gasteiger partial charge < -0.3 is 15.5 Å². The molecule has 0 saturated carbocycles. The summed E-state index contributed by atoms with van der Waals surface area (Å²) < 4.78 is 0.